The van der Waals surface area contributed by atoms with Gasteiger partial charge in [-0.1, -0.05) is 18.2 Å². The minimum absolute atomic E-state index is 0.0105. The van der Waals surface area contributed by atoms with Crippen LogP contribution in [0.1, 0.15) is 73.4 Å². The number of methoxy groups -OCH3 is 1. The van der Waals surface area contributed by atoms with E-state index in [4.69, 9.17) is 4.74 Å². The Labute approximate surface area is 216 Å². The second kappa shape index (κ2) is 11.2. The van der Waals surface area contributed by atoms with Crippen LogP contribution < -0.4 is 10.1 Å². The van der Waals surface area contributed by atoms with Gasteiger partial charge >= 0.3 is 0 Å². The SMILES string of the molecule is COc1ccc(C2(O)CCC(N3CC[C@@H](NC(=O)CCC(=O)c4cccc(C(C)(F)F)c4)C3)CC2)cn1. The molecule has 2 N–H and O–H groups in total. The highest BCUT2D eigenvalue weighted by Crippen LogP contribution is 2.39. The number of rotatable bonds is 9. The molecular formula is C28H35F2N3O4. The fourth-order valence-electron chi connectivity index (χ4n) is 5.38. The third kappa shape index (κ3) is 6.70. The molecule has 7 nitrogen and oxygen atoms in total. The largest absolute Gasteiger partial charge is 0.481 e. The Morgan fingerprint density at radius 1 is 1.19 bits per heavy atom. The first-order chi connectivity index (χ1) is 17.6. The number of hydrogen-bond donors (Lipinski definition) is 2. The van der Waals surface area contributed by atoms with Gasteiger partial charge in [-0.3, -0.25) is 14.5 Å². The summed E-state index contributed by atoms with van der Waals surface area (Å²) < 4.78 is 32.2. The number of nitrogens with zero attached hydrogens (tertiary/aromatic N) is 2. The van der Waals surface area contributed by atoms with Crippen LogP contribution in [-0.2, 0) is 16.3 Å². The first kappa shape index (κ1) is 27.1. The summed E-state index contributed by atoms with van der Waals surface area (Å²) in [6.45, 7) is 2.40. The van der Waals surface area contributed by atoms with Crippen LogP contribution >= 0.6 is 0 Å². The average molecular weight is 516 g/mol. The second-order valence-electron chi connectivity index (χ2n) is 10.3. The number of carbonyl (C=O) groups is 2. The van der Waals surface area contributed by atoms with Gasteiger partial charge in [0.1, 0.15) is 0 Å². The molecule has 200 valence electrons. The molecule has 1 aromatic carbocycles. The molecule has 9 heteroatoms. The number of amides is 1. The van der Waals surface area contributed by atoms with E-state index in [1.54, 1.807) is 19.4 Å². The lowest BCUT2D eigenvalue weighted by atomic mass is 9.78. The summed E-state index contributed by atoms with van der Waals surface area (Å²) in [4.78, 5) is 31.5. The summed E-state index contributed by atoms with van der Waals surface area (Å²) in [7, 11) is 1.56. The van der Waals surface area contributed by atoms with Crippen LogP contribution in [0.4, 0.5) is 8.78 Å². The van der Waals surface area contributed by atoms with E-state index in [9.17, 15) is 23.5 Å². The predicted octanol–water partition coefficient (Wildman–Crippen LogP) is 4.19. The molecule has 0 bridgehead atoms. The summed E-state index contributed by atoms with van der Waals surface area (Å²) in [5, 5.41) is 14.2. The van der Waals surface area contributed by atoms with E-state index >= 15 is 0 Å². The minimum atomic E-state index is -3.02. The summed E-state index contributed by atoms with van der Waals surface area (Å²) in [6.07, 6.45) is 5.51. The lowest BCUT2D eigenvalue weighted by Crippen LogP contribution is -2.43. The van der Waals surface area contributed by atoms with Gasteiger partial charge in [-0.2, -0.15) is 0 Å². The highest BCUT2D eigenvalue weighted by molar-refractivity contribution is 5.98. The van der Waals surface area contributed by atoms with Gasteiger partial charge < -0.3 is 15.2 Å². The molecular weight excluding hydrogens is 480 g/mol. The quantitative estimate of drug-likeness (QED) is 0.487. The number of aromatic nitrogens is 1. The van der Waals surface area contributed by atoms with Gasteiger partial charge in [0.15, 0.2) is 5.78 Å². The summed E-state index contributed by atoms with van der Waals surface area (Å²) in [6, 6.07) is 9.42. The molecule has 4 rings (SSSR count). The summed E-state index contributed by atoms with van der Waals surface area (Å²) in [5.41, 5.74) is -0.0949. The van der Waals surface area contributed by atoms with Crippen molar-refractivity contribution in [3.63, 3.8) is 0 Å². The van der Waals surface area contributed by atoms with Crippen LogP contribution in [0.25, 0.3) is 0 Å². The third-order valence-electron chi connectivity index (χ3n) is 7.64. The van der Waals surface area contributed by atoms with Crippen molar-refractivity contribution in [1.82, 2.24) is 15.2 Å². The number of nitrogens with one attached hydrogen (secondary N) is 1. The Balaban J connectivity index is 1.21. The third-order valence-corrected chi connectivity index (χ3v) is 7.64. The molecule has 0 radical (unpaired) electrons. The number of pyridine rings is 1. The molecule has 2 aromatic rings. The number of aliphatic hydroxyl groups is 1. The van der Waals surface area contributed by atoms with Crippen molar-refractivity contribution in [3.8, 4) is 5.88 Å². The molecule has 1 aliphatic carbocycles. The van der Waals surface area contributed by atoms with Crippen molar-refractivity contribution in [1.29, 1.82) is 0 Å². The van der Waals surface area contributed by atoms with Crippen molar-refractivity contribution in [3.05, 3.63) is 59.3 Å². The van der Waals surface area contributed by atoms with Crippen LogP contribution in [0, 0.1) is 0 Å². The molecule has 1 atom stereocenters. The van der Waals surface area contributed by atoms with Gasteiger partial charge in [0.2, 0.25) is 11.8 Å². The predicted molar refractivity (Wildman–Crippen MR) is 135 cm³/mol. The van der Waals surface area contributed by atoms with Gasteiger partial charge in [-0.25, -0.2) is 13.8 Å². The normalized spacial score (nSPS) is 24.6. The van der Waals surface area contributed by atoms with E-state index in [1.165, 1.54) is 24.3 Å². The van der Waals surface area contributed by atoms with E-state index in [0.717, 1.165) is 44.8 Å². The Morgan fingerprint density at radius 2 is 1.95 bits per heavy atom. The zero-order valence-electron chi connectivity index (χ0n) is 21.4. The molecule has 1 amide bonds. The maximum Gasteiger partial charge on any atom is 0.270 e. The second-order valence-corrected chi connectivity index (χ2v) is 10.3. The van der Waals surface area contributed by atoms with Gasteiger partial charge in [0, 0.05) is 73.9 Å². The summed E-state index contributed by atoms with van der Waals surface area (Å²) in [5.74, 6) is -3.03. The van der Waals surface area contributed by atoms with E-state index in [0.29, 0.717) is 24.8 Å². The topological polar surface area (TPSA) is 91.8 Å². The van der Waals surface area contributed by atoms with Crippen molar-refractivity contribution in [2.75, 3.05) is 20.2 Å². The van der Waals surface area contributed by atoms with Crippen molar-refractivity contribution in [2.45, 2.75) is 75.5 Å². The Bertz CT molecular complexity index is 1100. The Kier molecular flexibility index (Phi) is 8.23. The van der Waals surface area contributed by atoms with E-state index in [2.05, 4.69) is 15.2 Å². The maximum atomic E-state index is 13.5. The minimum Gasteiger partial charge on any atom is -0.481 e. The van der Waals surface area contributed by atoms with E-state index in [1.807, 2.05) is 6.07 Å². The van der Waals surface area contributed by atoms with Gasteiger partial charge in [-0.05, 0) is 44.2 Å². The molecule has 0 unspecified atom stereocenters. The molecule has 2 heterocycles. The van der Waals surface area contributed by atoms with Crippen molar-refractivity contribution < 1.29 is 28.2 Å². The number of ether oxygens (including phenoxy) is 1. The average Bonchev–Trinajstić information content (AvgIpc) is 3.35. The molecule has 1 saturated carbocycles. The zero-order valence-corrected chi connectivity index (χ0v) is 21.4. The number of Topliss-reactive ketones (excluding diaryl/α,β-unsaturated/α-hetero) is 1. The Hall–Kier alpha value is -2.91. The molecule has 1 aliphatic heterocycles. The lowest BCUT2D eigenvalue weighted by Gasteiger charge is -2.39. The molecule has 1 saturated heterocycles. The number of carbonyl (C=O) groups excluding carboxylic acids is 2. The highest BCUT2D eigenvalue weighted by Gasteiger charge is 2.38. The monoisotopic (exact) mass is 515 g/mol. The fourth-order valence-corrected chi connectivity index (χ4v) is 5.38. The van der Waals surface area contributed by atoms with Crippen LogP contribution in [0.5, 0.6) is 5.88 Å². The number of hydrogen-bond acceptors (Lipinski definition) is 6. The lowest BCUT2D eigenvalue weighted by molar-refractivity contribution is -0.121. The zero-order chi connectivity index (χ0) is 26.6. The van der Waals surface area contributed by atoms with E-state index in [-0.39, 0.29) is 41.7 Å². The molecule has 1 aromatic heterocycles. The van der Waals surface area contributed by atoms with Crippen LogP contribution in [0.3, 0.4) is 0 Å². The van der Waals surface area contributed by atoms with Crippen LogP contribution in [0.2, 0.25) is 0 Å². The fraction of sp³-hybridized carbons (Fsp3) is 0.536. The molecule has 2 fully saturated rings. The number of alkyl halides is 2. The standard InChI is InChI=1S/C28H35F2N3O4/c1-27(29,30)20-5-3-4-19(16-20)24(34)7-8-25(35)32-22-12-15-33(18-22)23-10-13-28(36,14-11-23)21-6-9-26(37-2)31-17-21/h3-6,9,16-17,22-23,36H,7-8,10-15,18H2,1-2H3,(H,32,35)/t22-,23?,28?/m1/s1. The van der Waals surface area contributed by atoms with Crippen LogP contribution in [0.15, 0.2) is 42.6 Å². The smallest absolute Gasteiger partial charge is 0.270 e. The maximum absolute atomic E-state index is 13.5. The summed E-state index contributed by atoms with van der Waals surface area (Å²) >= 11 is 0. The molecule has 37 heavy (non-hydrogen) atoms. The number of benzene rings is 1. The van der Waals surface area contributed by atoms with Crippen molar-refractivity contribution >= 4 is 11.7 Å². The Morgan fingerprint density at radius 3 is 2.59 bits per heavy atom. The number of halogens is 2. The van der Waals surface area contributed by atoms with Gasteiger partial charge in [0.25, 0.3) is 5.92 Å². The molecule has 0 spiro atoms. The van der Waals surface area contributed by atoms with Crippen LogP contribution in [-0.4, -0.2) is 59.0 Å². The van der Waals surface area contributed by atoms with Gasteiger partial charge in [-0.15, -0.1) is 0 Å². The number of likely N-dealkylation sites (tertiary alicyclic amines) is 1. The first-order valence-corrected chi connectivity index (χ1v) is 12.9. The van der Waals surface area contributed by atoms with E-state index < -0.39 is 11.5 Å². The highest BCUT2D eigenvalue weighted by atomic mass is 19.3. The van der Waals surface area contributed by atoms with Gasteiger partial charge in [0.05, 0.1) is 12.7 Å². The molecule has 2 aliphatic rings. The van der Waals surface area contributed by atoms with Crippen molar-refractivity contribution in [2.24, 2.45) is 0 Å². The first-order valence-electron chi connectivity index (χ1n) is 12.9. The number of ketones is 1.